The maximum Gasteiger partial charge on any atom is 0.203 e. The molecule has 4 aromatic rings. The smallest absolute Gasteiger partial charge is 0.203 e. The number of methoxy groups -OCH3 is 5. The molecule has 4 aromatic carbocycles. The Balaban J connectivity index is 1.55. The van der Waals surface area contributed by atoms with Crippen molar-refractivity contribution in [3.05, 3.63) is 95.1 Å². The zero-order chi connectivity index (χ0) is 28.5. The monoisotopic (exact) mass is 544 g/mol. The first-order valence-electron chi connectivity index (χ1n) is 13.0. The Kier molecular flexibility index (Phi) is 9.62. The summed E-state index contributed by atoms with van der Waals surface area (Å²) in [6.07, 6.45) is 2.99. The molecule has 210 valence electrons. The third-order valence-corrected chi connectivity index (χ3v) is 6.65. The molecule has 7 nitrogen and oxygen atoms in total. The lowest BCUT2D eigenvalue weighted by molar-refractivity contribution is 0.347. The summed E-state index contributed by atoms with van der Waals surface area (Å²) >= 11 is 0. The summed E-state index contributed by atoms with van der Waals surface area (Å²) in [4.78, 5) is 0. The van der Waals surface area contributed by atoms with Gasteiger partial charge in [0.05, 0.1) is 35.5 Å². The molecule has 0 heterocycles. The van der Waals surface area contributed by atoms with E-state index >= 15 is 0 Å². The molecule has 0 fully saturated rings. The highest BCUT2D eigenvalue weighted by Gasteiger charge is 2.15. The van der Waals surface area contributed by atoms with Gasteiger partial charge in [-0.1, -0.05) is 12.1 Å². The lowest BCUT2D eigenvalue weighted by Gasteiger charge is -2.16. The molecule has 0 unspecified atom stereocenters. The van der Waals surface area contributed by atoms with Crippen molar-refractivity contribution in [3.63, 3.8) is 0 Å². The van der Waals surface area contributed by atoms with Crippen LogP contribution < -0.4 is 28.4 Å². The Labute approximate surface area is 235 Å². The van der Waals surface area contributed by atoms with Gasteiger partial charge in [-0.15, -0.1) is 0 Å². The number of aromatic hydroxyl groups is 1. The summed E-state index contributed by atoms with van der Waals surface area (Å²) < 4.78 is 33.5. The zero-order valence-corrected chi connectivity index (χ0v) is 23.7. The van der Waals surface area contributed by atoms with E-state index in [9.17, 15) is 5.11 Å². The Hall–Kier alpha value is -4.52. The lowest BCUT2D eigenvalue weighted by Crippen LogP contribution is -1.98. The average molecular weight is 545 g/mol. The minimum absolute atomic E-state index is 0.0133. The van der Waals surface area contributed by atoms with Crippen molar-refractivity contribution >= 4 is 0 Å². The number of hydrogen-bond acceptors (Lipinski definition) is 7. The summed E-state index contributed by atoms with van der Waals surface area (Å²) in [5, 5.41) is 10.7. The van der Waals surface area contributed by atoms with Crippen LogP contribution in [0.3, 0.4) is 0 Å². The van der Waals surface area contributed by atoms with Crippen LogP contribution in [0.25, 0.3) is 0 Å². The summed E-state index contributed by atoms with van der Waals surface area (Å²) in [6.45, 7) is 0. The van der Waals surface area contributed by atoms with Gasteiger partial charge in [-0.05, 0) is 96.5 Å². The van der Waals surface area contributed by atoms with Gasteiger partial charge in [-0.25, -0.2) is 0 Å². The van der Waals surface area contributed by atoms with Crippen molar-refractivity contribution in [1.82, 2.24) is 0 Å². The Bertz CT molecular complexity index is 1410. The summed E-state index contributed by atoms with van der Waals surface area (Å²) in [7, 11) is 8.07. The number of hydrogen-bond donors (Lipinski definition) is 1. The molecule has 40 heavy (non-hydrogen) atoms. The molecule has 0 aliphatic heterocycles. The van der Waals surface area contributed by atoms with Gasteiger partial charge in [0, 0.05) is 12.1 Å². The van der Waals surface area contributed by atoms with Gasteiger partial charge in [-0.2, -0.15) is 0 Å². The van der Waals surface area contributed by atoms with E-state index in [1.54, 1.807) is 34.5 Å². The number of phenols is 1. The number of benzene rings is 4. The molecule has 0 atom stereocenters. The highest BCUT2D eigenvalue weighted by atomic mass is 16.5. The third-order valence-electron chi connectivity index (χ3n) is 6.65. The Morgan fingerprint density at radius 3 is 1.50 bits per heavy atom. The number of rotatable bonds is 13. The van der Waals surface area contributed by atoms with Crippen molar-refractivity contribution < 1.29 is 33.5 Å². The largest absolute Gasteiger partial charge is 0.504 e. The molecule has 0 bridgehead atoms. The van der Waals surface area contributed by atoms with Crippen molar-refractivity contribution in [1.29, 1.82) is 0 Å². The molecule has 4 rings (SSSR count). The van der Waals surface area contributed by atoms with E-state index in [1.165, 1.54) is 12.7 Å². The molecule has 0 saturated carbocycles. The lowest BCUT2D eigenvalue weighted by atomic mass is 10.0. The predicted molar refractivity (Wildman–Crippen MR) is 155 cm³/mol. The normalized spacial score (nSPS) is 10.6. The number of ether oxygens (including phenoxy) is 6. The molecule has 0 radical (unpaired) electrons. The minimum Gasteiger partial charge on any atom is -0.504 e. The van der Waals surface area contributed by atoms with Gasteiger partial charge in [0.2, 0.25) is 5.75 Å². The molecule has 0 aliphatic rings. The van der Waals surface area contributed by atoms with Crippen LogP contribution in [0.2, 0.25) is 0 Å². The van der Waals surface area contributed by atoms with Crippen molar-refractivity contribution in [2.24, 2.45) is 0 Å². The molecule has 0 aromatic heterocycles. The fraction of sp³-hybridized carbons (Fsp3) is 0.273. The zero-order valence-electron chi connectivity index (χ0n) is 23.7. The van der Waals surface area contributed by atoms with Crippen molar-refractivity contribution in [2.45, 2.75) is 25.7 Å². The molecular weight excluding hydrogens is 508 g/mol. The highest BCUT2D eigenvalue weighted by molar-refractivity contribution is 5.55. The second kappa shape index (κ2) is 13.5. The van der Waals surface area contributed by atoms with Gasteiger partial charge in [-0.3, -0.25) is 0 Å². The molecular formula is C33H36O7. The quantitative estimate of drug-likeness (QED) is 0.198. The van der Waals surface area contributed by atoms with Gasteiger partial charge in [0.25, 0.3) is 0 Å². The first-order valence-corrected chi connectivity index (χ1v) is 13.0. The van der Waals surface area contributed by atoms with Gasteiger partial charge in [0.15, 0.2) is 11.5 Å². The molecule has 1 N–H and O–H groups in total. The third kappa shape index (κ3) is 7.32. The Morgan fingerprint density at radius 2 is 0.950 bits per heavy atom. The number of aryl methyl sites for hydroxylation is 4. The van der Waals surface area contributed by atoms with Gasteiger partial charge < -0.3 is 33.5 Å². The van der Waals surface area contributed by atoms with E-state index in [4.69, 9.17) is 28.4 Å². The van der Waals surface area contributed by atoms with E-state index in [0.29, 0.717) is 30.1 Å². The van der Waals surface area contributed by atoms with Crippen molar-refractivity contribution in [2.75, 3.05) is 35.5 Å². The van der Waals surface area contributed by atoms with Crippen LogP contribution in [0.15, 0.2) is 72.8 Å². The van der Waals surface area contributed by atoms with E-state index in [-0.39, 0.29) is 11.5 Å². The van der Waals surface area contributed by atoms with Crippen LogP contribution in [0.1, 0.15) is 22.3 Å². The van der Waals surface area contributed by atoms with Crippen LogP contribution >= 0.6 is 0 Å². The average Bonchev–Trinajstić information content (AvgIpc) is 2.98. The summed E-state index contributed by atoms with van der Waals surface area (Å²) in [5.74, 6) is 4.29. The highest BCUT2D eigenvalue weighted by Crippen LogP contribution is 2.41. The SMILES string of the molecule is COc1cccc(CCc2cc(OC)cc(Oc3cc(CCc4cc(OC)cc(OC)c4)cc(O)c3OC)c2)c1. The molecule has 0 amide bonds. The Morgan fingerprint density at radius 1 is 0.475 bits per heavy atom. The van der Waals surface area contributed by atoms with Crippen LogP contribution in [0, 0.1) is 0 Å². The van der Waals surface area contributed by atoms with Crippen LogP contribution in [-0.4, -0.2) is 40.7 Å². The summed E-state index contributed by atoms with van der Waals surface area (Å²) in [5.41, 5.74) is 4.19. The molecule has 0 spiro atoms. The fourth-order valence-corrected chi connectivity index (χ4v) is 4.56. The summed E-state index contributed by atoms with van der Waals surface area (Å²) in [6, 6.07) is 23.2. The van der Waals surface area contributed by atoms with E-state index in [2.05, 4.69) is 6.07 Å². The van der Waals surface area contributed by atoms with Gasteiger partial charge in [0.1, 0.15) is 28.7 Å². The van der Waals surface area contributed by atoms with E-state index < -0.39 is 0 Å². The topological polar surface area (TPSA) is 75.6 Å². The maximum absolute atomic E-state index is 10.7. The first kappa shape index (κ1) is 28.5. The predicted octanol–water partition coefficient (Wildman–Crippen LogP) is 6.80. The van der Waals surface area contributed by atoms with Crippen molar-refractivity contribution in [3.8, 4) is 46.0 Å². The van der Waals surface area contributed by atoms with Crippen LogP contribution in [0.5, 0.6) is 46.0 Å². The standard InChI is InChI=1S/C33H36O7/c1-35-26-8-6-7-22(13-26)9-10-24-16-29(38-4)21-30(17-24)40-32-19-25(18-31(34)33(32)39-5)12-11-23-14-27(36-2)20-28(15-23)37-3/h6-8,13-21,34H,9-12H2,1-5H3. The minimum atomic E-state index is 0.0133. The second-order valence-electron chi connectivity index (χ2n) is 9.34. The van der Waals surface area contributed by atoms with E-state index in [1.807, 2.05) is 60.7 Å². The molecule has 0 aliphatic carbocycles. The van der Waals surface area contributed by atoms with Crippen LogP contribution in [-0.2, 0) is 25.7 Å². The second-order valence-corrected chi connectivity index (χ2v) is 9.34. The number of phenolic OH excluding ortho intramolecular Hbond substituents is 1. The van der Waals surface area contributed by atoms with Crippen LogP contribution in [0.4, 0.5) is 0 Å². The fourth-order valence-electron chi connectivity index (χ4n) is 4.56. The maximum atomic E-state index is 10.7. The molecule has 0 saturated heterocycles. The van der Waals surface area contributed by atoms with E-state index in [0.717, 1.165) is 46.8 Å². The first-order chi connectivity index (χ1) is 19.4. The van der Waals surface area contributed by atoms with Gasteiger partial charge >= 0.3 is 0 Å². The molecule has 7 heteroatoms.